The number of hydrogen-bond donors (Lipinski definition) is 1. The third-order valence-corrected chi connectivity index (χ3v) is 5.83. The second kappa shape index (κ2) is 9.27. The van der Waals surface area contributed by atoms with Crippen molar-refractivity contribution in [2.75, 3.05) is 18.5 Å². The molecule has 0 unspecified atom stereocenters. The predicted molar refractivity (Wildman–Crippen MR) is 130 cm³/mol. The number of pyridine rings is 1. The minimum Gasteiger partial charge on any atom is -0.486 e. The number of anilines is 1. The van der Waals surface area contributed by atoms with Crippen molar-refractivity contribution < 1.29 is 18.8 Å². The summed E-state index contributed by atoms with van der Waals surface area (Å²) < 4.78 is 17.9. The lowest BCUT2D eigenvalue weighted by molar-refractivity contribution is -0.116. The maximum absolute atomic E-state index is 13.4. The molecule has 0 fully saturated rings. The molecule has 2 aromatic carbocycles. The molecule has 0 saturated carbocycles. The fraction of sp³-hybridized carbons (Fsp3) is 0.200. The van der Waals surface area contributed by atoms with Crippen molar-refractivity contribution in [3.8, 4) is 34.3 Å². The van der Waals surface area contributed by atoms with Crippen molar-refractivity contribution in [1.29, 1.82) is 0 Å². The molecule has 0 radical (unpaired) electrons. The van der Waals surface area contributed by atoms with Gasteiger partial charge in [-0.1, -0.05) is 16.8 Å². The standard InChI is InChI=1S/C25H21ClN4O5/c1-14-11-15(2)30(13-21(31)27-18-7-8-19-20(12-18)34-10-9-33-19)25(32)22(14)24-28-23(29-35-24)16-3-5-17(26)6-4-16/h3-8,11-12H,9-10,13H2,1-2H3,(H,27,31). The quantitative estimate of drug-likeness (QED) is 0.443. The van der Waals surface area contributed by atoms with Gasteiger partial charge >= 0.3 is 0 Å². The first-order valence-corrected chi connectivity index (χ1v) is 11.3. The summed E-state index contributed by atoms with van der Waals surface area (Å²) in [6, 6.07) is 13.9. The van der Waals surface area contributed by atoms with Gasteiger partial charge in [0.2, 0.25) is 11.7 Å². The summed E-state index contributed by atoms with van der Waals surface area (Å²) in [6.07, 6.45) is 0. The van der Waals surface area contributed by atoms with Crippen LogP contribution in [0.15, 0.2) is 57.8 Å². The zero-order chi connectivity index (χ0) is 24.5. The van der Waals surface area contributed by atoms with E-state index in [-0.39, 0.29) is 23.9 Å². The molecule has 9 nitrogen and oxygen atoms in total. The Labute approximate surface area is 205 Å². The molecule has 35 heavy (non-hydrogen) atoms. The van der Waals surface area contributed by atoms with Gasteiger partial charge in [0.1, 0.15) is 25.3 Å². The van der Waals surface area contributed by atoms with E-state index in [1.165, 1.54) is 4.57 Å². The molecule has 4 aromatic rings. The van der Waals surface area contributed by atoms with Crippen LogP contribution in [0.25, 0.3) is 22.8 Å². The highest BCUT2D eigenvalue weighted by atomic mass is 35.5. The molecule has 1 N–H and O–H groups in total. The number of benzene rings is 2. The van der Waals surface area contributed by atoms with E-state index in [0.29, 0.717) is 58.1 Å². The Bertz CT molecular complexity index is 1480. The largest absolute Gasteiger partial charge is 0.486 e. The number of hydrogen-bond acceptors (Lipinski definition) is 7. The highest BCUT2D eigenvalue weighted by Crippen LogP contribution is 2.32. The van der Waals surface area contributed by atoms with Gasteiger partial charge in [0, 0.05) is 28.0 Å². The summed E-state index contributed by atoms with van der Waals surface area (Å²) in [5, 5.41) is 7.39. The molecule has 0 aliphatic carbocycles. The molecule has 3 heterocycles. The first-order chi connectivity index (χ1) is 16.9. The minimum absolute atomic E-state index is 0.0819. The van der Waals surface area contributed by atoms with Crippen LogP contribution in [-0.2, 0) is 11.3 Å². The molecular formula is C25H21ClN4O5. The summed E-state index contributed by atoms with van der Waals surface area (Å²) in [7, 11) is 0. The van der Waals surface area contributed by atoms with Crippen LogP contribution < -0.4 is 20.3 Å². The number of carbonyl (C=O) groups excluding carboxylic acids is 1. The van der Waals surface area contributed by atoms with Gasteiger partial charge in [0.05, 0.1) is 0 Å². The van der Waals surface area contributed by atoms with E-state index < -0.39 is 5.56 Å². The monoisotopic (exact) mass is 492 g/mol. The molecule has 0 spiro atoms. The molecule has 0 atom stereocenters. The Kier molecular flexibility index (Phi) is 6.00. The number of amides is 1. The number of ether oxygens (including phenoxy) is 2. The fourth-order valence-electron chi connectivity index (χ4n) is 3.89. The van der Waals surface area contributed by atoms with Crippen molar-refractivity contribution in [2.24, 2.45) is 0 Å². The van der Waals surface area contributed by atoms with Gasteiger partial charge in [0.25, 0.3) is 11.4 Å². The topological polar surface area (TPSA) is 108 Å². The normalized spacial score (nSPS) is 12.4. The number of rotatable bonds is 5. The molecule has 10 heteroatoms. The third kappa shape index (κ3) is 4.63. The lowest BCUT2D eigenvalue weighted by atomic mass is 10.1. The van der Waals surface area contributed by atoms with Crippen LogP contribution in [0.4, 0.5) is 5.69 Å². The average molecular weight is 493 g/mol. The van der Waals surface area contributed by atoms with E-state index in [0.717, 1.165) is 0 Å². The number of fused-ring (bicyclic) bond motifs is 1. The van der Waals surface area contributed by atoms with Crippen molar-refractivity contribution in [3.63, 3.8) is 0 Å². The lowest BCUT2D eigenvalue weighted by Gasteiger charge is -2.19. The van der Waals surface area contributed by atoms with Gasteiger partial charge < -0.3 is 23.9 Å². The second-order valence-corrected chi connectivity index (χ2v) is 8.51. The van der Waals surface area contributed by atoms with Crippen LogP contribution in [0.3, 0.4) is 0 Å². The average Bonchev–Trinajstić information content (AvgIpc) is 3.31. The van der Waals surface area contributed by atoms with Crippen LogP contribution in [0.1, 0.15) is 11.3 Å². The molecule has 5 rings (SSSR count). The fourth-order valence-corrected chi connectivity index (χ4v) is 4.02. The van der Waals surface area contributed by atoms with Gasteiger partial charge in [-0.05, 0) is 61.9 Å². The molecule has 1 amide bonds. The van der Waals surface area contributed by atoms with Gasteiger partial charge in [-0.2, -0.15) is 4.98 Å². The maximum atomic E-state index is 13.4. The number of halogens is 1. The van der Waals surface area contributed by atoms with Crippen LogP contribution in [0, 0.1) is 13.8 Å². The van der Waals surface area contributed by atoms with E-state index >= 15 is 0 Å². The molecule has 1 aliphatic rings. The van der Waals surface area contributed by atoms with E-state index in [2.05, 4.69) is 15.5 Å². The van der Waals surface area contributed by atoms with E-state index in [9.17, 15) is 9.59 Å². The molecule has 2 aromatic heterocycles. The van der Waals surface area contributed by atoms with Crippen molar-refractivity contribution in [3.05, 3.63) is 75.2 Å². The Balaban J connectivity index is 1.40. The number of aromatic nitrogens is 3. The van der Waals surface area contributed by atoms with Crippen molar-refractivity contribution >= 4 is 23.2 Å². The lowest BCUT2D eigenvalue weighted by Crippen LogP contribution is -2.30. The number of nitrogens with one attached hydrogen (secondary N) is 1. The summed E-state index contributed by atoms with van der Waals surface area (Å²) in [5.74, 6) is 1.24. The van der Waals surface area contributed by atoms with Crippen LogP contribution in [0.5, 0.6) is 11.5 Å². The number of carbonyl (C=O) groups is 1. The van der Waals surface area contributed by atoms with Crippen molar-refractivity contribution in [2.45, 2.75) is 20.4 Å². The molecule has 1 aliphatic heterocycles. The number of aryl methyl sites for hydroxylation is 2. The maximum Gasteiger partial charge on any atom is 0.264 e. The summed E-state index contributed by atoms with van der Waals surface area (Å²) >= 11 is 5.95. The van der Waals surface area contributed by atoms with E-state index in [1.54, 1.807) is 62.4 Å². The molecular weight excluding hydrogens is 472 g/mol. The first-order valence-electron chi connectivity index (χ1n) is 10.9. The predicted octanol–water partition coefficient (Wildman–Crippen LogP) is 4.25. The highest BCUT2D eigenvalue weighted by Gasteiger charge is 2.21. The third-order valence-electron chi connectivity index (χ3n) is 5.57. The van der Waals surface area contributed by atoms with Crippen molar-refractivity contribution in [1.82, 2.24) is 14.7 Å². The second-order valence-electron chi connectivity index (χ2n) is 8.07. The first kappa shape index (κ1) is 22.7. The van der Waals surface area contributed by atoms with Crippen LogP contribution in [0.2, 0.25) is 5.02 Å². The van der Waals surface area contributed by atoms with Crippen LogP contribution in [-0.4, -0.2) is 33.8 Å². The summed E-state index contributed by atoms with van der Waals surface area (Å²) in [6.45, 7) is 4.29. The summed E-state index contributed by atoms with van der Waals surface area (Å²) in [5.41, 5.74) is 2.39. The number of nitrogens with zero attached hydrogens (tertiary/aromatic N) is 3. The minimum atomic E-state index is -0.397. The molecule has 0 saturated heterocycles. The SMILES string of the molecule is Cc1cc(C)n(CC(=O)Nc2ccc3c(c2)OCCO3)c(=O)c1-c1nc(-c2ccc(Cl)cc2)no1. The van der Waals surface area contributed by atoms with Gasteiger partial charge in [-0.15, -0.1) is 0 Å². The Morgan fingerprint density at radius 1 is 1.06 bits per heavy atom. The van der Waals surface area contributed by atoms with E-state index in [4.69, 9.17) is 25.6 Å². The smallest absolute Gasteiger partial charge is 0.264 e. The highest BCUT2D eigenvalue weighted by molar-refractivity contribution is 6.30. The zero-order valence-electron chi connectivity index (χ0n) is 19.0. The Hall–Kier alpha value is -4.11. The summed E-state index contributed by atoms with van der Waals surface area (Å²) in [4.78, 5) is 30.6. The van der Waals surface area contributed by atoms with E-state index in [1.807, 2.05) is 0 Å². The zero-order valence-corrected chi connectivity index (χ0v) is 19.8. The Morgan fingerprint density at radius 3 is 2.57 bits per heavy atom. The van der Waals surface area contributed by atoms with Gasteiger partial charge in [-0.3, -0.25) is 9.59 Å². The molecule has 178 valence electrons. The van der Waals surface area contributed by atoms with Gasteiger partial charge in [0.15, 0.2) is 11.5 Å². The Morgan fingerprint density at radius 2 is 1.80 bits per heavy atom. The van der Waals surface area contributed by atoms with Gasteiger partial charge in [-0.25, -0.2) is 0 Å². The van der Waals surface area contributed by atoms with Crippen LogP contribution >= 0.6 is 11.6 Å². The molecule has 0 bridgehead atoms.